The Hall–Kier alpha value is -0.0600. The predicted octanol–water partition coefficient (Wildman–Crippen LogP) is 2.30. The highest BCUT2D eigenvalue weighted by atomic mass is 32.2. The molecule has 0 spiro atoms. The third-order valence-corrected chi connectivity index (χ3v) is 4.13. The summed E-state index contributed by atoms with van der Waals surface area (Å²) < 4.78 is 0. The quantitative estimate of drug-likeness (QED) is 0.856. The number of hydrogen-bond donors (Lipinski definition) is 1. The number of thioether (sulfide) groups is 1. The molecule has 1 unspecified atom stereocenters. The van der Waals surface area contributed by atoms with Gasteiger partial charge in [-0.2, -0.15) is 11.8 Å². The lowest BCUT2D eigenvalue weighted by Crippen LogP contribution is -2.23. The standard InChI is InChI=1S/C10H16N2S2/c1-13-7-10-12-9(6-14-10)5-8-3-2-4-11-8/h6,8,11H,2-5,7H2,1H3. The largest absolute Gasteiger partial charge is 0.314 e. The fourth-order valence-electron chi connectivity index (χ4n) is 1.82. The fourth-order valence-corrected chi connectivity index (χ4v) is 3.34. The summed E-state index contributed by atoms with van der Waals surface area (Å²) in [5, 5.41) is 6.99. The minimum absolute atomic E-state index is 0.680. The van der Waals surface area contributed by atoms with E-state index in [9.17, 15) is 0 Å². The van der Waals surface area contributed by atoms with Gasteiger partial charge in [0.2, 0.25) is 0 Å². The van der Waals surface area contributed by atoms with Crippen LogP contribution < -0.4 is 5.32 Å². The Kier molecular flexibility index (Phi) is 3.84. The summed E-state index contributed by atoms with van der Waals surface area (Å²) in [6, 6.07) is 0.680. The maximum Gasteiger partial charge on any atom is 0.103 e. The van der Waals surface area contributed by atoms with E-state index in [1.165, 1.54) is 30.1 Å². The number of hydrogen-bond acceptors (Lipinski definition) is 4. The number of aromatic nitrogens is 1. The maximum atomic E-state index is 4.62. The van der Waals surface area contributed by atoms with Crippen molar-refractivity contribution in [2.45, 2.75) is 31.1 Å². The molecule has 1 N–H and O–H groups in total. The highest BCUT2D eigenvalue weighted by Crippen LogP contribution is 2.18. The van der Waals surface area contributed by atoms with Gasteiger partial charge in [-0.3, -0.25) is 0 Å². The summed E-state index contributed by atoms with van der Waals surface area (Å²) in [6.45, 7) is 1.19. The molecule has 1 aliphatic heterocycles. The van der Waals surface area contributed by atoms with E-state index >= 15 is 0 Å². The normalized spacial score (nSPS) is 21.6. The molecule has 2 heterocycles. The van der Waals surface area contributed by atoms with Gasteiger partial charge in [0.15, 0.2) is 0 Å². The molecule has 1 atom stereocenters. The van der Waals surface area contributed by atoms with Crippen LogP contribution in [0.3, 0.4) is 0 Å². The van der Waals surface area contributed by atoms with E-state index in [0.717, 1.165) is 12.2 Å². The zero-order valence-corrected chi connectivity index (χ0v) is 10.1. The van der Waals surface area contributed by atoms with E-state index in [1.807, 2.05) is 11.8 Å². The zero-order valence-electron chi connectivity index (χ0n) is 8.45. The third-order valence-electron chi connectivity index (χ3n) is 2.49. The molecule has 1 aromatic heterocycles. The SMILES string of the molecule is CSCc1nc(CC2CCCN2)cs1. The van der Waals surface area contributed by atoms with Crippen LogP contribution in [0.25, 0.3) is 0 Å². The van der Waals surface area contributed by atoms with Crippen LogP contribution in [0.5, 0.6) is 0 Å². The minimum atomic E-state index is 0.680. The average Bonchev–Trinajstić information content (AvgIpc) is 2.79. The van der Waals surface area contributed by atoms with Crippen molar-refractivity contribution in [3.05, 3.63) is 16.1 Å². The lowest BCUT2D eigenvalue weighted by molar-refractivity contribution is 0.596. The van der Waals surface area contributed by atoms with Crippen molar-refractivity contribution in [1.29, 1.82) is 0 Å². The molecule has 14 heavy (non-hydrogen) atoms. The Morgan fingerprint density at radius 1 is 1.71 bits per heavy atom. The number of thiazole rings is 1. The van der Waals surface area contributed by atoms with E-state index < -0.39 is 0 Å². The van der Waals surface area contributed by atoms with Crippen molar-refractivity contribution in [3.63, 3.8) is 0 Å². The molecule has 1 fully saturated rings. The van der Waals surface area contributed by atoms with Gasteiger partial charge in [0.05, 0.1) is 5.69 Å². The molecular formula is C10H16N2S2. The monoisotopic (exact) mass is 228 g/mol. The van der Waals surface area contributed by atoms with Crippen molar-refractivity contribution in [1.82, 2.24) is 10.3 Å². The second kappa shape index (κ2) is 5.14. The minimum Gasteiger partial charge on any atom is -0.314 e. The molecule has 0 bridgehead atoms. The molecule has 1 aromatic rings. The lowest BCUT2D eigenvalue weighted by atomic mass is 10.1. The molecule has 1 saturated heterocycles. The van der Waals surface area contributed by atoms with Crippen LogP contribution in [0.2, 0.25) is 0 Å². The molecule has 0 aromatic carbocycles. The van der Waals surface area contributed by atoms with Gasteiger partial charge >= 0.3 is 0 Å². The first kappa shape index (κ1) is 10.5. The van der Waals surface area contributed by atoms with Gasteiger partial charge in [-0.15, -0.1) is 11.3 Å². The van der Waals surface area contributed by atoms with Crippen LogP contribution in [0.1, 0.15) is 23.5 Å². The Bertz CT molecular complexity index is 279. The molecule has 0 radical (unpaired) electrons. The predicted molar refractivity (Wildman–Crippen MR) is 64.1 cm³/mol. The molecule has 2 nitrogen and oxygen atoms in total. The first-order chi connectivity index (χ1) is 6.88. The lowest BCUT2D eigenvalue weighted by Gasteiger charge is -2.06. The molecule has 4 heteroatoms. The first-order valence-corrected chi connectivity index (χ1v) is 7.31. The van der Waals surface area contributed by atoms with Crippen molar-refractivity contribution in [2.24, 2.45) is 0 Å². The summed E-state index contributed by atoms with van der Waals surface area (Å²) in [5.41, 5.74) is 1.28. The number of nitrogens with one attached hydrogen (secondary N) is 1. The van der Waals surface area contributed by atoms with E-state index in [4.69, 9.17) is 0 Å². The van der Waals surface area contributed by atoms with Crippen molar-refractivity contribution < 1.29 is 0 Å². The Morgan fingerprint density at radius 2 is 2.64 bits per heavy atom. The third kappa shape index (κ3) is 2.72. The molecule has 78 valence electrons. The van der Waals surface area contributed by atoms with E-state index in [1.54, 1.807) is 11.3 Å². The van der Waals surface area contributed by atoms with Crippen molar-refractivity contribution in [2.75, 3.05) is 12.8 Å². The van der Waals surface area contributed by atoms with E-state index in [-0.39, 0.29) is 0 Å². The van der Waals surface area contributed by atoms with Crippen LogP contribution in [0, 0.1) is 0 Å². The van der Waals surface area contributed by atoms with E-state index in [2.05, 4.69) is 21.9 Å². The Balaban J connectivity index is 1.88. The summed E-state index contributed by atoms with van der Waals surface area (Å²) in [4.78, 5) is 4.62. The molecule has 2 rings (SSSR count). The summed E-state index contributed by atoms with van der Waals surface area (Å²) in [5.74, 6) is 1.06. The zero-order chi connectivity index (χ0) is 9.80. The second-order valence-corrected chi connectivity index (χ2v) is 5.47. The highest BCUT2D eigenvalue weighted by Gasteiger charge is 2.15. The summed E-state index contributed by atoms with van der Waals surface area (Å²) >= 11 is 3.64. The second-order valence-electron chi connectivity index (χ2n) is 3.66. The number of nitrogens with zero attached hydrogens (tertiary/aromatic N) is 1. The molecule has 0 saturated carbocycles. The summed E-state index contributed by atoms with van der Waals surface area (Å²) in [6.07, 6.45) is 5.88. The van der Waals surface area contributed by atoms with Crippen LogP contribution in [0.4, 0.5) is 0 Å². The van der Waals surface area contributed by atoms with Crippen molar-refractivity contribution in [3.8, 4) is 0 Å². The highest BCUT2D eigenvalue weighted by molar-refractivity contribution is 7.97. The average molecular weight is 228 g/mol. The molecule has 0 aliphatic carbocycles. The van der Waals surface area contributed by atoms with Gasteiger partial charge in [0, 0.05) is 23.6 Å². The summed E-state index contributed by atoms with van der Waals surface area (Å²) in [7, 11) is 0. The van der Waals surface area contributed by atoms with Crippen molar-refractivity contribution >= 4 is 23.1 Å². The van der Waals surface area contributed by atoms with Gasteiger partial charge in [0.1, 0.15) is 5.01 Å². The molecular weight excluding hydrogens is 212 g/mol. The Morgan fingerprint density at radius 3 is 3.36 bits per heavy atom. The number of rotatable bonds is 4. The smallest absolute Gasteiger partial charge is 0.103 e. The molecule has 0 amide bonds. The van der Waals surface area contributed by atoms with Gasteiger partial charge in [-0.05, 0) is 25.6 Å². The van der Waals surface area contributed by atoms with Crippen LogP contribution in [0.15, 0.2) is 5.38 Å². The molecule has 1 aliphatic rings. The van der Waals surface area contributed by atoms with E-state index in [0.29, 0.717) is 6.04 Å². The Labute approximate surface area is 93.5 Å². The fraction of sp³-hybridized carbons (Fsp3) is 0.700. The van der Waals surface area contributed by atoms with Crippen LogP contribution >= 0.6 is 23.1 Å². The van der Waals surface area contributed by atoms with Crippen LogP contribution in [-0.2, 0) is 12.2 Å². The van der Waals surface area contributed by atoms with Gasteiger partial charge < -0.3 is 5.32 Å². The van der Waals surface area contributed by atoms with Gasteiger partial charge in [0.25, 0.3) is 0 Å². The maximum absolute atomic E-state index is 4.62. The topological polar surface area (TPSA) is 24.9 Å². The van der Waals surface area contributed by atoms with Gasteiger partial charge in [-0.1, -0.05) is 0 Å². The first-order valence-electron chi connectivity index (χ1n) is 5.04. The van der Waals surface area contributed by atoms with Gasteiger partial charge in [-0.25, -0.2) is 4.98 Å². The van der Waals surface area contributed by atoms with Crippen LogP contribution in [-0.4, -0.2) is 23.8 Å².